The van der Waals surface area contributed by atoms with Gasteiger partial charge < -0.3 is 0 Å². The van der Waals surface area contributed by atoms with Crippen molar-refractivity contribution in [3.05, 3.63) is 58.7 Å². The highest BCUT2D eigenvalue weighted by Crippen LogP contribution is 2.55. The van der Waals surface area contributed by atoms with Crippen molar-refractivity contribution in [3.8, 4) is 11.1 Å². The lowest BCUT2D eigenvalue weighted by Gasteiger charge is -2.33. The maximum Gasteiger partial charge on any atom is 0.166 e. The minimum atomic E-state index is 0.0918. The van der Waals surface area contributed by atoms with Crippen LogP contribution in [0, 0.1) is 5.92 Å². The van der Waals surface area contributed by atoms with Crippen molar-refractivity contribution in [2.75, 3.05) is 0 Å². The predicted molar refractivity (Wildman–Crippen MR) is 150 cm³/mol. The van der Waals surface area contributed by atoms with E-state index in [4.69, 9.17) is 0 Å². The average Bonchev–Trinajstić information content (AvgIpc) is 3.32. The van der Waals surface area contributed by atoms with Crippen molar-refractivity contribution in [1.29, 1.82) is 0 Å². The summed E-state index contributed by atoms with van der Waals surface area (Å²) >= 11 is 0. The Hall–Kier alpha value is -1.89. The van der Waals surface area contributed by atoms with Gasteiger partial charge in [-0.15, -0.1) is 0 Å². The third-order valence-electron chi connectivity index (χ3n) is 7.65. The summed E-state index contributed by atoms with van der Waals surface area (Å²) in [4.78, 5) is 12.9. The number of carbonyl (C=O) groups is 1. The number of unbranched alkanes of at least 4 members (excludes halogenated alkanes) is 6. The monoisotopic (exact) mass is 462 g/mol. The number of carbonyl (C=O) groups excluding carboxylic acids is 1. The van der Waals surface area contributed by atoms with E-state index < -0.39 is 0 Å². The number of hydrogen-bond donors (Lipinski definition) is 0. The molecule has 0 heterocycles. The largest absolute Gasteiger partial charge is 0.294 e. The molecule has 2 aromatic carbocycles. The Balaban J connectivity index is 0.000000970. The van der Waals surface area contributed by atoms with Crippen LogP contribution in [-0.4, -0.2) is 5.78 Å². The highest BCUT2D eigenvalue weighted by atomic mass is 16.1. The van der Waals surface area contributed by atoms with E-state index in [-0.39, 0.29) is 11.3 Å². The van der Waals surface area contributed by atoms with Gasteiger partial charge in [-0.25, -0.2) is 0 Å². The third-order valence-corrected chi connectivity index (χ3v) is 7.65. The van der Waals surface area contributed by atoms with Crippen molar-refractivity contribution < 1.29 is 4.79 Å². The number of ketones is 1. The van der Waals surface area contributed by atoms with Gasteiger partial charge in [-0.05, 0) is 53.1 Å². The Morgan fingerprint density at radius 3 is 1.91 bits per heavy atom. The van der Waals surface area contributed by atoms with Crippen LogP contribution in [0.3, 0.4) is 0 Å². The van der Waals surface area contributed by atoms with Crippen molar-refractivity contribution in [2.24, 2.45) is 5.92 Å². The highest BCUT2D eigenvalue weighted by molar-refractivity contribution is 6.03. The zero-order chi connectivity index (χ0) is 25.1. The molecule has 1 atom stereocenters. The first kappa shape index (κ1) is 28.3. The second-order valence-electron chi connectivity index (χ2n) is 9.77. The summed E-state index contributed by atoms with van der Waals surface area (Å²) in [5.74, 6) is 0.496. The standard InChI is InChI=1S/C29H38O.2C2H6/c1-4-6-8-12-16-29(17-13-9-7-5-2)26-15-11-10-14-23(26)25-19-22-18-21(3)28(30)24(22)20-27(25)29;2*1-2/h10-11,14-15,19-21H,4-9,12-13,16-18H2,1-3H3;2*1-2H3. The summed E-state index contributed by atoms with van der Waals surface area (Å²) < 4.78 is 0. The van der Waals surface area contributed by atoms with E-state index in [2.05, 4.69) is 57.2 Å². The Morgan fingerprint density at radius 2 is 1.32 bits per heavy atom. The van der Waals surface area contributed by atoms with Gasteiger partial charge in [0.1, 0.15) is 0 Å². The van der Waals surface area contributed by atoms with Crippen molar-refractivity contribution in [2.45, 2.75) is 125 Å². The molecule has 0 amide bonds. The Morgan fingerprint density at radius 1 is 0.735 bits per heavy atom. The second-order valence-corrected chi connectivity index (χ2v) is 9.77. The van der Waals surface area contributed by atoms with Crippen LogP contribution in [0.1, 0.15) is 140 Å². The van der Waals surface area contributed by atoms with E-state index in [0.717, 1.165) is 12.0 Å². The summed E-state index contributed by atoms with van der Waals surface area (Å²) in [5, 5.41) is 0. The smallest absolute Gasteiger partial charge is 0.166 e. The van der Waals surface area contributed by atoms with E-state index in [1.807, 2.05) is 27.7 Å². The van der Waals surface area contributed by atoms with Gasteiger partial charge in [0.2, 0.25) is 0 Å². The fourth-order valence-electron chi connectivity index (χ4n) is 6.00. The molecule has 1 unspecified atom stereocenters. The van der Waals surface area contributed by atoms with Gasteiger partial charge in [0, 0.05) is 16.9 Å². The minimum Gasteiger partial charge on any atom is -0.294 e. The molecule has 2 aliphatic rings. The molecule has 4 rings (SSSR count). The lowest BCUT2D eigenvalue weighted by atomic mass is 9.70. The highest BCUT2D eigenvalue weighted by Gasteiger charge is 2.43. The summed E-state index contributed by atoms with van der Waals surface area (Å²) in [6, 6.07) is 13.8. The molecule has 0 spiro atoms. The number of Topliss-reactive ketones (excluding diaryl/α,β-unsaturated/α-hetero) is 1. The van der Waals surface area contributed by atoms with Crippen LogP contribution in [-0.2, 0) is 11.8 Å². The summed E-state index contributed by atoms with van der Waals surface area (Å²) in [6.45, 7) is 14.7. The molecule has 0 aliphatic heterocycles. The van der Waals surface area contributed by atoms with Crippen LogP contribution in [0.2, 0.25) is 0 Å². The molecule has 34 heavy (non-hydrogen) atoms. The number of fused-ring (bicyclic) bond motifs is 4. The zero-order valence-electron chi connectivity index (χ0n) is 23.2. The fourth-order valence-corrected chi connectivity index (χ4v) is 6.00. The lowest BCUT2D eigenvalue weighted by Crippen LogP contribution is -2.26. The van der Waals surface area contributed by atoms with Gasteiger partial charge in [-0.1, -0.05) is 130 Å². The molecular formula is C33H50O. The maximum absolute atomic E-state index is 12.9. The van der Waals surface area contributed by atoms with Gasteiger partial charge in [-0.3, -0.25) is 4.79 Å². The third kappa shape index (κ3) is 5.67. The molecule has 2 aliphatic carbocycles. The van der Waals surface area contributed by atoms with Crippen LogP contribution >= 0.6 is 0 Å². The van der Waals surface area contributed by atoms with Gasteiger partial charge in [0.15, 0.2) is 5.78 Å². The van der Waals surface area contributed by atoms with Crippen LogP contribution in [0.5, 0.6) is 0 Å². The van der Waals surface area contributed by atoms with E-state index in [1.54, 1.807) is 0 Å². The summed E-state index contributed by atoms with van der Waals surface area (Å²) in [5.41, 5.74) is 8.20. The van der Waals surface area contributed by atoms with Crippen LogP contribution in [0.4, 0.5) is 0 Å². The van der Waals surface area contributed by atoms with Crippen LogP contribution in [0.15, 0.2) is 36.4 Å². The molecule has 188 valence electrons. The van der Waals surface area contributed by atoms with Crippen molar-refractivity contribution in [1.82, 2.24) is 0 Å². The molecule has 0 N–H and O–H groups in total. The molecule has 0 saturated heterocycles. The van der Waals surface area contributed by atoms with E-state index >= 15 is 0 Å². The first-order valence-corrected chi connectivity index (χ1v) is 14.4. The molecule has 0 bridgehead atoms. The Labute approximate surface area is 210 Å². The van der Waals surface area contributed by atoms with Crippen LogP contribution in [0.25, 0.3) is 11.1 Å². The summed E-state index contributed by atoms with van der Waals surface area (Å²) in [6.07, 6.45) is 13.7. The predicted octanol–water partition coefficient (Wildman–Crippen LogP) is 10.3. The summed E-state index contributed by atoms with van der Waals surface area (Å²) in [7, 11) is 0. The Bertz CT molecular complexity index is 895. The number of benzene rings is 2. The quantitative estimate of drug-likeness (QED) is 0.321. The molecule has 1 nitrogen and oxygen atoms in total. The number of rotatable bonds is 10. The minimum absolute atomic E-state index is 0.0918. The molecule has 0 aromatic heterocycles. The SMILES string of the molecule is CC.CC.CCCCCCC1(CCCCCC)c2ccccc2-c2cc3c(cc21)C(=O)C(C)C3. The second kappa shape index (κ2) is 13.9. The number of hydrogen-bond acceptors (Lipinski definition) is 1. The molecule has 0 fully saturated rings. The van der Waals surface area contributed by atoms with E-state index in [1.165, 1.54) is 92.0 Å². The van der Waals surface area contributed by atoms with Crippen molar-refractivity contribution in [3.63, 3.8) is 0 Å². The van der Waals surface area contributed by atoms with Gasteiger partial charge in [0.25, 0.3) is 0 Å². The van der Waals surface area contributed by atoms with Gasteiger partial charge in [-0.2, -0.15) is 0 Å². The Kier molecular flexibility index (Phi) is 11.6. The topological polar surface area (TPSA) is 17.1 Å². The first-order chi connectivity index (χ1) is 16.6. The van der Waals surface area contributed by atoms with Gasteiger partial charge in [0.05, 0.1) is 0 Å². The van der Waals surface area contributed by atoms with Gasteiger partial charge >= 0.3 is 0 Å². The molecule has 1 heteroatoms. The van der Waals surface area contributed by atoms with Crippen LogP contribution < -0.4 is 0 Å². The van der Waals surface area contributed by atoms with E-state index in [9.17, 15) is 4.79 Å². The molecule has 0 radical (unpaired) electrons. The normalized spacial score (nSPS) is 16.6. The lowest BCUT2D eigenvalue weighted by molar-refractivity contribution is 0.0946. The fraction of sp³-hybridized carbons (Fsp3) is 0.606. The first-order valence-electron chi connectivity index (χ1n) is 14.4. The molecule has 2 aromatic rings. The van der Waals surface area contributed by atoms with E-state index in [0.29, 0.717) is 5.78 Å². The van der Waals surface area contributed by atoms with Crippen molar-refractivity contribution >= 4 is 5.78 Å². The molecular weight excluding hydrogens is 412 g/mol. The zero-order valence-corrected chi connectivity index (χ0v) is 23.2. The maximum atomic E-state index is 12.9. The average molecular weight is 463 g/mol. The molecule has 0 saturated carbocycles.